The van der Waals surface area contributed by atoms with E-state index in [1.165, 1.54) is 11.3 Å². The highest BCUT2D eigenvalue weighted by Gasteiger charge is 2.24. The minimum Gasteiger partial charge on any atom is -0.496 e. The summed E-state index contributed by atoms with van der Waals surface area (Å²) in [4.78, 5) is 22.0. The number of para-hydroxylation sites is 2. The van der Waals surface area contributed by atoms with Crippen LogP contribution in [-0.4, -0.2) is 57.2 Å². The van der Waals surface area contributed by atoms with E-state index in [4.69, 9.17) is 14.5 Å². The number of fused-ring (bicyclic) bond motifs is 1. The number of methoxy groups -OCH3 is 2. The van der Waals surface area contributed by atoms with E-state index in [0.29, 0.717) is 28.7 Å². The average molecular weight is 400 g/mol. The maximum Gasteiger partial charge on any atom is 0.263 e. The van der Waals surface area contributed by atoms with Crippen LogP contribution in [0.4, 0.5) is 5.13 Å². The van der Waals surface area contributed by atoms with Gasteiger partial charge in [-0.2, -0.15) is 0 Å². The minimum absolute atomic E-state index is 0.116. The van der Waals surface area contributed by atoms with Gasteiger partial charge in [0.05, 0.1) is 24.5 Å². The zero-order valence-electron chi connectivity index (χ0n) is 16.6. The zero-order chi connectivity index (χ0) is 20.1. The van der Waals surface area contributed by atoms with Gasteiger partial charge in [0.2, 0.25) is 0 Å². The van der Waals surface area contributed by atoms with E-state index in [1.54, 1.807) is 31.3 Å². The molecule has 0 fully saturated rings. The van der Waals surface area contributed by atoms with Crippen molar-refractivity contribution in [3.8, 4) is 11.5 Å². The van der Waals surface area contributed by atoms with E-state index in [1.807, 2.05) is 44.4 Å². The van der Waals surface area contributed by atoms with Crippen molar-refractivity contribution >= 4 is 32.6 Å². The summed E-state index contributed by atoms with van der Waals surface area (Å²) in [6.07, 6.45) is 0.834. The molecule has 0 aliphatic carbocycles. The van der Waals surface area contributed by atoms with Crippen molar-refractivity contribution in [1.29, 1.82) is 0 Å². The molecule has 0 saturated heterocycles. The van der Waals surface area contributed by atoms with E-state index in [0.717, 1.165) is 23.2 Å². The van der Waals surface area contributed by atoms with E-state index in [9.17, 15) is 4.79 Å². The standard InChI is InChI=1S/C21H25N3O3S/c1-23(2)13-8-14-24(20(25)15-9-5-6-10-16(15)26-3)21-22-19-17(27-4)11-7-12-18(19)28-21/h5-7,9-12H,8,13-14H2,1-4H3. The van der Waals surface area contributed by atoms with Gasteiger partial charge in [0.15, 0.2) is 5.13 Å². The van der Waals surface area contributed by atoms with Gasteiger partial charge in [-0.15, -0.1) is 0 Å². The third kappa shape index (κ3) is 4.26. The van der Waals surface area contributed by atoms with Crippen molar-refractivity contribution < 1.29 is 14.3 Å². The van der Waals surface area contributed by atoms with E-state index in [2.05, 4.69) is 4.90 Å². The van der Waals surface area contributed by atoms with Crippen molar-refractivity contribution in [2.24, 2.45) is 0 Å². The first-order valence-corrected chi connectivity index (χ1v) is 9.90. The number of carbonyl (C=O) groups excluding carboxylic acids is 1. The van der Waals surface area contributed by atoms with Gasteiger partial charge in [-0.25, -0.2) is 4.98 Å². The maximum atomic E-state index is 13.4. The normalized spacial score (nSPS) is 11.0. The molecule has 6 nitrogen and oxygen atoms in total. The monoisotopic (exact) mass is 399 g/mol. The lowest BCUT2D eigenvalue weighted by atomic mass is 10.1. The first-order chi connectivity index (χ1) is 13.5. The van der Waals surface area contributed by atoms with Gasteiger partial charge in [-0.1, -0.05) is 29.5 Å². The Morgan fingerprint density at radius 1 is 1.00 bits per heavy atom. The SMILES string of the molecule is COc1ccccc1C(=O)N(CCCN(C)C)c1nc2c(OC)cccc2s1. The summed E-state index contributed by atoms with van der Waals surface area (Å²) >= 11 is 1.49. The minimum atomic E-state index is -0.116. The number of amides is 1. The Labute approximate surface area is 169 Å². The second kappa shape index (κ2) is 9.03. The molecule has 1 aromatic heterocycles. The third-order valence-corrected chi connectivity index (χ3v) is 5.43. The molecule has 0 aliphatic heterocycles. The van der Waals surface area contributed by atoms with Crippen LogP contribution in [0.5, 0.6) is 11.5 Å². The van der Waals surface area contributed by atoms with Crippen molar-refractivity contribution in [3.63, 3.8) is 0 Å². The molecular weight excluding hydrogens is 374 g/mol. The molecule has 1 amide bonds. The highest BCUT2D eigenvalue weighted by atomic mass is 32.1. The van der Waals surface area contributed by atoms with Crippen molar-refractivity contribution in [3.05, 3.63) is 48.0 Å². The highest BCUT2D eigenvalue weighted by molar-refractivity contribution is 7.22. The van der Waals surface area contributed by atoms with Gasteiger partial charge in [-0.3, -0.25) is 9.69 Å². The van der Waals surface area contributed by atoms with Gasteiger partial charge in [0.25, 0.3) is 5.91 Å². The Morgan fingerprint density at radius 3 is 2.43 bits per heavy atom. The Kier molecular flexibility index (Phi) is 6.49. The number of hydrogen-bond donors (Lipinski definition) is 0. The molecule has 3 aromatic rings. The van der Waals surface area contributed by atoms with Crippen molar-refractivity contribution in [2.75, 3.05) is 46.3 Å². The Morgan fingerprint density at radius 2 is 1.71 bits per heavy atom. The molecule has 0 N–H and O–H groups in total. The summed E-state index contributed by atoms with van der Waals surface area (Å²) in [5.74, 6) is 1.15. The van der Waals surface area contributed by atoms with E-state index in [-0.39, 0.29) is 5.91 Å². The first kappa shape index (κ1) is 20.1. The highest BCUT2D eigenvalue weighted by Crippen LogP contribution is 2.35. The molecule has 3 rings (SSSR count). The van der Waals surface area contributed by atoms with Crippen LogP contribution in [0.15, 0.2) is 42.5 Å². The Bertz CT molecular complexity index is 955. The van der Waals surface area contributed by atoms with Crippen molar-refractivity contribution in [2.45, 2.75) is 6.42 Å². The fourth-order valence-electron chi connectivity index (χ4n) is 2.99. The number of nitrogens with zero attached hydrogens (tertiary/aromatic N) is 3. The summed E-state index contributed by atoms with van der Waals surface area (Å²) in [5, 5.41) is 0.661. The van der Waals surface area contributed by atoms with Gasteiger partial charge < -0.3 is 14.4 Å². The average Bonchev–Trinajstić information content (AvgIpc) is 3.14. The lowest BCUT2D eigenvalue weighted by molar-refractivity contribution is 0.0983. The molecule has 0 spiro atoms. The van der Waals surface area contributed by atoms with Gasteiger partial charge in [0, 0.05) is 6.54 Å². The van der Waals surface area contributed by atoms with Crippen LogP contribution in [0.3, 0.4) is 0 Å². The van der Waals surface area contributed by atoms with Crippen LogP contribution in [0.1, 0.15) is 16.8 Å². The van der Waals surface area contributed by atoms with Gasteiger partial charge in [-0.05, 0) is 51.3 Å². The fraction of sp³-hybridized carbons (Fsp3) is 0.333. The number of benzene rings is 2. The summed E-state index contributed by atoms with van der Waals surface area (Å²) < 4.78 is 11.8. The molecule has 0 unspecified atom stereocenters. The molecule has 0 radical (unpaired) electrons. The number of thiazole rings is 1. The van der Waals surface area contributed by atoms with Crippen LogP contribution < -0.4 is 14.4 Å². The summed E-state index contributed by atoms with van der Waals surface area (Å²) in [7, 11) is 7.25. The fourth-order valence-corrected chi connectivity index (χ4v) is 4.00. The zero-order valence-corrected chi connectivity index (χ0v) is 17.5. The Balaban J connectivity index is 2.00. The van der Waals surface area contributed by atoms with E-state index >= 15 is 0 Å². The lowest BCUT2D eigenvalue weighted by Crippen LogP contribution is -2.33. The molecule has 7 heteroatoms. The molecular formula is C21H25N3O3S. The van der Waals surface area contributed by atoms with Crippen LogP contribution in [0.2, 0.25) is 0 Å². The second-order valence-corrected chi connectivity index (χ2v) is 7.63. The lowest BCUT2D eigenvalue weighted by Gasteiger charge is -2.22. The van der Waals surface area contributed by atoms with Gasteiger partial charge in [0.1, 0.15) is 17.0 Å². The summed E-state index contributed by atoms with van der Waals surface area (Å²) in [6.45, 7) is 1.45. The van der Waals surface area contributed by atoms with Crippen LogP contribution in [-0.2, 0) is 0 Å². The van der Waals surface area contributed by atoms with Gasteiger partial charge >= 0.3 is 0 Å². The molecule has 1 heterocycles. The quantitative estimate of drug-likeness (QED) is 0.575. The molecule has 2 aromatic carbocycles. The van der Waals surface area contributed by atoms with Crippen LogP contribution >= 0.6 is 11.3 Å². The molecule has 0 bridgehead atoms. The smallest absolute Gasteiger partial charge is 0.263 e. The second-order valence-electron chi connectivity index (χ2n) is 6.62. The number of anilines is 1. The Hall–Kier alpha value is -2.64. The number of aromatic nitrogens is 1. The molecule has 0 atom stereocenters. The third-order valence-electron chi connectivity index (χ3n) is 4.39. The predicted octanol–water partition coefficient (Wildman–Crippen LogP) is 3.91. The predicted molar refractivity (Wildman–Crippen MR) is 114 cm³/mol. The largest absolute Gasteiger partial charge is 0.496 e. The molecule has 28 heavy (non-hydrogen) atoms. The number of ether oxygens (including phenoxy) is 2. The molecule has 0 saturated carbocycles. The topological polar surface area (TPSA) is 54.9 Å². The van der Waals surface area contributed by atoms with Crippen LogP contribution in [0, 0.1) is 0 Å². The van der Waals surface area contributed by atoms with Crippen LogP contribution in [0.25, 0.3) is 10.2 Å². The molecule has 0 aliphatic rings. The number of carbonyl (C=O) groups is 1. The number of hydrogen-bond acceptors (Lipinski definition) is 6. The summed E-state index contributed by atoms with van der Waals surface area (Å²) in [6, 6.07) is 13.1. The maximum absolute atomic E-state index is 13.4. The molecule has 148 valence electrons. The van der Waals surface area contributed by atoms with Crippen molar-refractivity contribution in [1.82, 2.24) is 9.88 Å². The first-order valence-electron chi connectivity index (χ1n) is 9.08. The number of rotatable bonds is 8. The van der Waals surface area contributed by atoms with E-state index < -0.39 is 0 Å². The summed E-state index contributed by atoms with van der Waals surface area (Å²) in [5.41, 5.74) is 1.30.